The molecule has 0 saturated carbocycles. The van der Waals surface area contributed by atoms with Crippen LogP contribution in [0.3, 0.4) is 0 Å². The molecule has 156 valence electrons. The number of amides is 2. The van der Waals surface area contributed by atoms with Gasteiger partial charge in [-0.25, -0.2) is 8.78 Å². The molecule has 1 atom stereocenters. The van der Waals surface area contributed by atoms with Gasteiger partial charge >= 0.3 is 0 Å². The van der Waals surface area contributed by atoms with Crippen LogP contribution in [-0.4, -0.2) is 18.9 Å². The van der Waals surface area contributed by atoms with Crippen molar-refractivity contribution in [2.45, 2.75) is 15.8 Å². The SMILES string of the molecule is CNC(=O)C(NC(=O)c1ccccc1Sc1ccccc1C#N)c1ccc(F)c(F)c1. The number of nitrogens with zero attached hydrogens (tertiary/aromatic N) is 1. The van der Waals surface area contributed by atoms with Crippen molar-refractivity contribution < 1.29 is 18.4 Å². The van der Waals surface area contributed by atoms with E-state index in [2.05, 4.69) is 16.7 Å². The molecule has 0 heterocycles. The lowest BCUT2D eigenvalue weighted by atomic mass is 10.0. The Balaban J connectivity index is 1.92. The lowest BCUT2D eigenvalue weighted by Crippen LogP contribution is -2.39. The first-order chi connectivity index (χ1) is 14.9. The Bertz CT molecular complexity index is 1180. The highest BCUT2D eigenvalue weighted by Gasteiger charge is 2.25. The summed E-state index contributed by atoms with van der Waals surface area (Å²) >= 11 is 1.24. The minimum Gasteiger partial charge on any atom is -0.357 e. The van der Waals surface area contributed by atoms with Gasteiger partial charge in [-0.3, -0.25) is 9.59 Å². The Labute approximate surface area is 182 Å². The van der Waals surface area contributed by atoms with E-state index < -0.39 is 29.5 Å². The molecule has 0 aliphatic carbocycles. The van der Waals surface area contributed by atoms with Gasteiger partial charge in [-0.05, 0) is 42.0 Å². The van der Waals surface area contributed by atoms with E-state index in [0.29, 0.717) is 15.4 Å². The zero-order chi connectivity index (χ0) is 22.4. The Hall–Kier alpha value is -3.70. The minimum atomic E-state index is -1.22. The fourth-order valence-corrected chi connectivity index (χ4v) is 3.88. The first kappa shape index (κ1) is 22.0. The van der Waals surface area contributed by atoms with Gasteiger partial charge in [-0.1, -0.05) is 42.1 Å². The summed E-state index contributed by atoms with van der Waals surface area (Å²) in [5.41, 5.74) is 0.844. The lowest BCUT2D eigenvalue weighted by Gasteiger charge is -2.19. The van der Waals surface area contributed by atoms with Gasteiger partial charge in [-0.2, -0.15) is 5.26 Å². The maximum Gasteiger partial charge on any atom is 0.253 e. The summed E-state index contributed by atoms with van der Waals surface area (Å²) < 4.78 is 27.0. The van der Waals surface area contributed by atoms with Crippen LogP contribution in [-0.2, 0) is 4.79 Å². The van der Waals surface area contributed by atoms with Crippen LogP contribution in [0.1, 0.15) is 27.5 Å². The van der Waals surface area contributed by atoms with Gasteiger partial charge in [0.1, 0.15) is 12.1 Å². The molecule has 0 saturated heterocycles. The van der Waals surface area contributed by atoms with E-state index in [1.54, 1.807) is 48.5 Å². The summed E-state index contributed by atoms with van der Waals surface area (Å²) in [5, 5.41) is 14.3. The van der Waals surface area contributed by atoms with E-state index in [1.807, 2.05) is 0 Å². The van der Waals surface area contributed by atoms with Crippen molar-refractivity contribution in [2.24, 2.45) is 0 Å². The molecule has 0 aliphatic heterocycles. The summed E-state index contributed by atoms with van der Waals surface area (Å²) in [7, 11) is 1.38. The fourth-order valence-electron chi connectivity index (χ4n) is 2.86. The number of rotatable bonds is 6. The van der Waals surface area contributed by atoms with Gasteiger partial charge in [0.25, 0.3) is 5.91 Å². The zero-order valence-electron chi connectivity index (χ0n) is 16.4. The standard InChI is InChI=1S/C23H17F2N3O2S/c1-27-23(30)21(14-10-11-17(24)18(25)12-14)28-22(29)16-7-3-5-9-20(16)31-19-8-4-2-6-15(19)13-26/h2-12,21H,1H3,(H,27,30)(H,28,29). The molecule has 2 amide bonds. The van der Waals surface area contributed by atoms with Crippen molar-refractivity contribution in [2.75, 3.05) is 7.05 Å². The van der Waals surface area contributed by atoms with Gasteiger partial charge in [0.05, 0.1) is 11.1 Å². The normalized spacial score (nSPS) is 11.3. The number of halogens is 2. The fraction of sp³-hybridized carbons (Fsp3) is 0.0870. The first-order valence-electron chi connectivity index (χ1n) is 9.18. The number of hydrogen-bond acceptors (Lipinski definition) is 4. The number of carbonyl (C=O) groups excluding carboxylic acids is 2. The molecule has 3 rings (SSSR count). The van der Waals surface area contributed by atoms with Crippen LogP contribution < -0.4 is 10.6 Å². The van der Waals surface area contributed by atoms with Crippen molar-refractivity contribution in [3.05, 3.63) is 95.1 Å². The lowest BCUT2D eigenvalue weighted by molar-refractivity contribution is -0.122. The summed E-state index contributed by atoms with van der Waals surface area (Å²) in [5.74, 6) is -3.33. The topological polar surface area (TPSA) is 82.0 Å². The number of likely N-dealkylation sites (N-methyl/N-ethyl adjacent to an activating group) is 1. The summed E-state index contributed by atoms with van der Waals surface area (Å²) in [6.07, 6.45) is 0. The van der Waals surface area contributed by atoms with Crippen LogP contribution in [0.5, 0.6) is 0 Å². The van der Waals surface area contributed by atoms with E-state index >= 15 is 0 Å². The molecule has 5 nitrogen and oxygen atoms in total. The number of nitriles is 1. The van der Waals surface area contributed by atoms with Crippen LogP contribution in [0, 0.1) is 23.0 Å². The molecule has 8 heteroatoms. The summed E-state index contributed by atoms with van der Waals surface area (Å²) in [6, 6.07) is 17.6. The Kier molecular flexibility index (Phi) is 7.00. The first-order valence-corrected chi connectivity index (χ1v) is 9.99. The molecular weight excluding hydrogens is 420 g/mol. The summed E-state index contributed by atoms with van der Waals surface area (Å²) in [6.45, 7) is 0. The van der Waals surface area contributed by atoms with Gasteiger partial charge in [0.2, 0.25) is 5.91 Å². The number of benzene rings is 3. The Morgan fingerprint density at radius 3 is 2.32 bits per heavy atom. The second-order valence-corrected chi connectivity index (χ2v) is 7.48. The van der Waals surface area contributed by atoms with Gasteiger partial charge in [-0.15, -0.1) is 0 Å². The predicted octanol–water partition coefficient (Wildman–Crippen LogP) is 4.20. The van der Waals surface area contributed by atoms with Crippen LogP contribution in [0.25, 0.3) is 0 Å². The average molecular weight is 437 g/mol. The second-order valence-electron chi connectivity index (χ2n) is 6.40. The van der Waals surface area contributed by atoms with Crippen molar-refractivity contribution in [1.82, 2.24) is 10.6 Å². The van der Waals surface area contributed by atoms with Crippen molar-refractivity contribution in [3.8, 4) is 6.07 Å². The maximum atomic E-state index is 13.7. The third kappa shape index (κ3) is 5.08. The van der Waals surface area contributed by atoms with E-state index in [9.17, 15) is 23.6 Å². The van der Waals surface area contributed by atoms with Gasteiger partial charge in [0.15, 0.2) is 11.6 Å². The Morgan fingerprint density at radius 1 is 0.968 bits per heavy atom. The molecule has 0 aromatic heterocycles. The molecule has 0 spiro atoms. The Morgan fingerprint density at radius 2 is 1.65 bits per heavy atom. The quantitative estimate of drug-likeness (QED) is 0.606. The average Bonchev–Trinajstić information content (AvgIpc) is 2.79. The third-order valence-electron chi connectivity index (χ3n) is 4.42. The van der Waals surface area contributed by atoms with Crippen LogP contribution >= 0.6 is 11.8 Å². The molecular formula is C23H17F2N3O2S. The highest BCUT2D eigenvalue weighted by Crippen LogP contribution is 2.33. The molecule has 0 fully saturated rings. The van der Waals surface area contributed by atoms with Gasteiger partial charge in [0, 0.05) is 16.8 Å². The van der Waals surface area contributed by atoms with E-state index in [4.69, 9.17) is 0 Å². The van der Waals surface area contributed by atoms with Crippen molar-refractivity contribution in [1.29, 1.82) is 5.26 Å². The monoisotopic (exact) mass is 437 g/mol. The van der Waals surface area contributed by atoms with E-state index in [0.717, 1.165) is 12.1 Å². The van der Waals surface area contributed by atoms with Gasteiger partial charge < -0.3 is 10.6 Å². The van der Waals surface area contributed by atoms with Crippen LogP contribution in [0.4, 0.5) is 8.78 Å². The molecule has 3 aromatic carbocycles. The second kappa shape index (κ2) is 9.87. The molecule has 31 heavy (non-hydrogen) atoms. The molecule has 0 aliphatic rings. The minimum absolute atomic E-state index is 0.103. The molecule has 2 N–H and O–H groups in total. The van der Waals surface area contributed by atoms with Crippen LogP contribution in [0.15, 0.2) is 76.5 Å². The third-order valence-corrected chi connectivity index (χ3v) is 5.57. The molecule has 0 radical (unpaired) electrons. The van der Waals surface area contributed by atoms with E-state index in [1.165, 1.54) is 24.9 Å². The molecule has 3 aromatic rings. The highest BCUT2D eigenvalue weighted by molar-refractivity contribution is 7.99. The smallest absolute Gasteiger partial charge is 0.253 e. The predicted molar refractivity (Wildman–Crippen MR) is 112 cm³/mol. The summed E-state index contributed by atoms with van der Waals surface area (Å²) in [4.78, 5) is 26.6. The molecule has 1 unspecified atom stereocenters. The highest BCUT2D eigenvalue weighted by atomic mass is 32.2. The number of carbonyl (C=O) groups is 2. The zero-order valence-corrected chi connectivity index (χ0v) is 17.2. The van der Waals surface area contributed by atoms with Crippen molar-refractivity contribution in [3.63, 3.8) is 0 Å². The largest absolute Gasteiger partial charge is 0.357 e. The van der Waals surface area contributed by atoms with Crippen molar-refractivity contribution >= 4 is 23.6 Å². The van der Waals surface area contributed by atoms with Crippen LogP contribution in [0.2, 0.25) is 0 Å². The number of hydrogen-bond donors (Lipinski definition) is 2. The maximum absolute atomic E-state index is 13.7. The molecule has 0 bridgehead atoms. The number of nitrogens with one attached hydrogen (secondary N) is 2. The van der Waals surface area contributed by atoms with E-state index in [-0.39, 0.29) is 11.1 Å².